The molecule has 0 fully saturated rings. The number of aromatic nitrogens is 3. The van der Waals surface area contributed by atoms with E-state index in [1.807, 2.05) is 35.8 Å². The van der Waals surface area contributed by atoms with Gasteiger partial charge in [-0.2, -0.15) is 13.2 Å². The lowest BCUT2D eigenvalue weighted by atomic mass is 10.1. The Morgan fingerprint density at radius 3 is 2.65 bits per heavy atom. The van der Waals surface area contributed by atoms with Gasteiger partial charge in [0.2, 0.25) is 0 Å². The van der Waals surface area contributed by atoms with Gasteiger partial charge in [-0.15, -0.1) is 11.3 Å². The highest BCUT2D eigenvalue weighted by molar-refractivity contribution is 7.13. The van der Waals surface area contributed by atoms with E-state index < -0.39 is 17.6 Å². The molecule has 0 atom stereocenters. The highest BCUT2D eigenvalue weighted by Gasteiger charge is 2.30. The molecule has 0 unspecified atom stereocenters. The largest absolute Gasteiger partial charge is 0.416 e. The molecular formula is C25H17F3N4OS. The molecule has 0 aliphatic carbocycles. The van der Waals surface area contributed by atoms with E-state index in [2.05, 4.69) is 15.3 Å². The molecule has 170 valence electrons. The quantitative estimate of drug-likeness (QED) is 0.301. The molecule has 0 aliphatic rings. The number of nitrogens with one attached hydrogen (secondary N) is 2. The summed E-state index contributed by atoms with van der Waals surface area (Å²) in [4.78, 5) is 26.2. The molecule has 1 amide bonds. The molecule has 5 aromatic rings. The third kappa shape index (κ3) is 4.55. The number of alkyl halides is 3. The number of rotatable bonds is 5. The van der Waals surface area contributed by atoms with E-state index >= 15 is 0 Å². The summed E-state index contributed by atoms with van der Waals surface area (Å²) in [5.41, 5.74) is 2.90. The Morgan fingerprint density at radius 1 is 1.00 bits per heavy atom. The van der Waals surface area contributed by atoms with Crippen LogP contribution in [0.3, 0.4) is 0 Å². The van der Waals surface area contributed by atoms with Crippen molar-refractivity contribution in [3.8, 4) is 10.6 Å². The van der Waals surface area contributed by atoms with Crippen molar-refractivity contribution < 1.29 is 18.0 Å². The Balaban J connectivity index is 1.38. The van der Waals surface area contributed by atoms with E-state index in [0.717, 1.165) is 39.3 Å². The van der Waals surface area contributed by atoms with Gasteiger partial charge in [-0.05, 0) is 53.4 Å². The zero-order valence-electron chi connectivity index (χ0n) is 17.6. The summed E-state index contributed by atoms with van der Waals surface area (Å²) in [7, 11) is 0. The van der Waals surface area contributed by atoms with Crippen molar-refractivity contribution in [3.63, 3.8) is 0 Å². The third-order valence-electron chi connectivity index (χ3n) is 5.21. The Labute approximate surface area is 196 Å². The van der Waals surface area contributed by atoms with Crippen LogP contribution in [0.1, 0.15) is 27.3 Å². The van der Waals surface area contributed by atoms with Gasteiger partial charge in [0.1, 0.15) is 11.5 Å². The van der Waals surface area contributed by atoms with Gasteiger partial charge in [0.15, 0.2) is 0 Å². The number of aromatic amines is 1. The van der Waals surface area contributed by atoms with Crippen LogP contribution in [-0.4, -0.2) is 20.9 Å². The van der Waals surface area contributed by atoms with Crippen molar-refractivity contribution in [1.82, 2.24) is 15.0 Å². The molecule has 0 saturated carbocycles. The van der Waals surface area contributed by atoms with E-state index in [4.69, 9.17) is 4.98 Å². The third-order valence-corrected chi connectivity index (χ3v) is 6.08. The van der Waals surface area contributed by atoms with Crippen molar-refractivity contribution in [2.45, 2.75) is 12.6 Å². The van der Waals surface area contributed by atoms with Crippen LogP contribution in [0, 0.1) is 0 Å². The van der Waals surface area contributed by atoms with Crippen LogP contribution in [0.25, 0.3) is 21.6 Å². The predicted molar refractivity (Wildman–Crippen MR) is 126 cm³/mol. The molecule has 5 nitrogen and oxygen atoms in total. The zero-order valence-corrected chi connectivity index (χ0v) is 18.4. The number of benzene rings is 2. The smallest absolute Gasteiger partial charge is 0.358 e. The maximum absolute atomic E-state index is 13.0. The normalized spacial score (nSPS) is 11.6. The number of anilines is 1. The van der Waals surface area contributed by atoms with E-state index in [0.29, 0.717) is 17.9 Å². The number of nitrogens with zero attached hydrogens (tertiary/aromatic N) is 2. The number of thiophene rings is 1. The van der Waals surface area contributed by atoms with Crippen molar-refractivity contribution >= 4 is 34.0 Å². The molecule has 0 saturated heterocycles. The molecule has 3 heterocycles. The standard InChI is InChI=1S/C25H17F3N4OS/c26-25(27,28)17-6-2-5-16(14-17)24(33)30-18-7-1-4-15(12-18)13-21-31-19-9-10-29-22(19)23(32-21)20-8-3-11-34-20/h1-12,14,29H,13H2,(H,30,33). The second kappa shape index (κ2) is 8.75. The summed E-state index contributed by atoms with van der Waals surface area (Å²) in [6, 6.07) is 17.3. The summed E-state index contributed by atoms with van der Waals surface area (Å²) < 4.78 is 38.9. The fourth-order valence-corrected chi connectivity index (χ4v) is 4.37. The number of hydrogen-bond donors (Lipinski definition) is 2. The number of amides is 1. The summed E-state index contributed by atoms with van der Waals surface area (Å²) in [5, 5.41) is 4.66. The zero-order chi connectivity index (χ0) is 23.7. The molecule has 2 aromatic carbocycles. The average Bonchev–Trinajstić information content (AvgIpc) is 3.51. The second-order valence-electron chi connectivity index (χ2n) is 7.61. The molecule has 0 bridgehead atoms. The molecule has 5 rings (SSSR count). The lowest BCUT2D eigenvalue weighted by molar-refractivity contribution is -0.137. The summed E-state index contributed by atoms with van der Waals surface area (Å²) >= 11 is 1.59. The van der Waals surface area contributed by atoms with E-state index in [9.17, 15) is 18.0 Å². The highest BCUT2D eigenvalue weighted by atomic mass is 32.1. The maximum atomic E-state index is 13.0. The predicted octanol–water partition coefficient (Wildman–Crippen LogP) is 6.55. The summed E-state index contributed by atoms with van der Waals surface area (Å²) in [6.45, 7) is 0. The minimum atomic E-state index is -4.52. The number of hydrogen-bond acceptors (Lipinski definition) is 4. The van der Waals surface area contributed by atoms with Gasteiger partial charge in [-0.3, -0.25) is 4.79 Å². The fourth-order valence-electron chi connectivity index (χ4n) is 3.65. The van der Waals surface area contributed by atoms with Crippen LogP contribution < -0.4 is 5.32 Å². The average molecular weight is 478 g/mol. The van der Waals surface area contributed by atoms with Gasteiger partial charge >= 0.3 is 6.18 Å². The highest BCUT2D eigenvalue weighted by Crippen LogP contribution is 2.30. The SMILES string of the molecule is O=C(Nc1cccc(Cc2nc(-c3cccs3)c3[nH]ccc3n2)c1)c1cccc(C(F)(F)F)c1. The van der Waals surface area contributed by atoms with Crippen LogP contribution in [0.5, 0.6) is 0 Å². The first-order valence-electron chi connectivity index (χ1n) is 10.3. The van der Waals surface area contributed by atoms with Crippen LogP contribution in [0.15, 0.2) is 78.3 Å². The Bertz CT molecular complexity index is 1480. The van der Waals surface area contributed by atoms with Gasteiger partial charge in [-0.25, -0.2) is 9.97 Å². The molecule has 0 radical (unpaired) electrons. The number of fused-ring (bicyclic) bond motifs is 1. The molecule has 2 N–H and O–H groups in total. The van der Waals surface area contributed by atoms with Crippen molar-refractivity contribution in [2.75, 3.05) is 5.32 Å². The van der Waals surface area contributed by atoms with Crippen LogP contribution in [-0.2, 0) is 12.6 Å². The monoisotopic (exact) mass is 478 g/mol. The lowest BCUT2D eigenvalue weighted by Gasteiger charge is -2.10. The van der Waals surface area contributed by atoms with Gasteiger partial charge in [0.05, 0.1) is 21.5 Å². The van der Waals surface area contributed by atoms with Gasteiger partial charge in [0, 0.05) is 23.9 Å². The Kier molecular flexibility index (Phi) is 5.62. The van der Waals surface area contributed by atoms with Crippen LogP contribution in [0.2, 0.25) is 0 Å². The van der Waals surface area contributed by atoms with Crippen LogP contribution in [0.4, 0.5) is 18.9 Å². The molecule has 9 heteroatoms. The number of carbonyl (C=O) groups is 1. The van der Waals surface area contributed by atoms with E-state index in [1.54, 1.807) is 29.5 Å². The lowest BCUT2D eigenvalue weighted by Crippen LogP contribution is -2.14. The first-order chi connectivity index (χ1) is 16.4. The molecule has 0 aliphatic heterocycles. The van der Waals surface area contributed by atoms with Gasteiger partial charge in [-0.1, -0.05) is 24.3 Å². The molecular weight excluding hydrogens is 461 g/mol. The van der Waals surface area contributed by atoms with Crippen LogP contribution >= 0.6 is 11.3 Å². The minimum Gasteiger partial charge on any atom is -0.358 e. The number of halogens is 3. The topological polar surface area (TPSA) is 70.7 Å². The van der Waals surface area contributed by atoms with Gasteiger partial charge < -0.3 is 10.3 Å². The summed E-state index contributed by atoms with van der Waals surface area (Å²) in [5.74, 6) is 0.00470. The van der Waals surface area contributed by atoms with Crippen molar-refractivity contribution in [1.29, 1.82) is 0 Å². The second-order valence-corrected chi connectivity index (χ2v) is 8.56. The van der Waals surface area contributed by atoms with Crippen molar-refractivity contribution in [3.05, 3.63) is 101 Å². The first-order valence-corrected chi connectivity index (χ1v) is 11.2. The fraction of sp³-hybridized carbons (Fsp3) is 0.0800. The summed E-state index contributed by atoms with van der Waals surface area (Å²) in [6.07, 6.45) is -2.27. The molecule has 3 aromatic heterocycles. The van der Waals surface area contributed by atoms with Crippen molar-refractivity contribution in [2.24, 2.45) is 0 Å². The van der Waals surface area contributed by atoms with E-state index in [-0.39, 0.29) is 5.56 Å². The minimum absolute atomic E-state index is 0.0675. The number of carbonyl (C=O) groups excluding carboxylic acids is 1. The maximum Gasteiger partial charge on any atom is 0.416 e. The Morgan fingerprint density at radius 2 is 1.85 bits per heavy atom. The van der Waals surface area contributed by atoms with E-state index in [1.165, 1.54) is 12.1 Å². The van der Waals surface area contributed by atoms with Gasteiger partial charge in [0.25, 0.3) is 5.91 Å². The number of H-pyrrole nitrogens is 1. The Hall–Kier alpha value is -3.98. The molecule has 34 heavy (non-hydrogen) atoms. The molecule has 0 spiro atoms. The first kappa shape index (κ1) is 21.8.